The van der Waals surface area contributed by atoms with Gasteiger partial charge < -0.3 is 14.4 Å². The third kappa shape index (κ3) is 6.82. The van der Waals surface area contributed by atoms with E-state index < -0.39 is 11.8 Å². The largest absolute Gasteiger partial charge is 0.452 e. The first-order valence-corrected chi connectivity index (χ1v) is 13.9. The molecule has 200 valence electrons. The summed E-state index contributed by atoms with van der Waals surface area (Å²) in [7, 11) is 0. The van der Waals surface area contributed by atoms with Gasteiger partial charge >= 0.3 is 5.97 Å². The highest BCUT2D eigenvalue weighted by Gasteiger charge is 2.34. The molecule has 2 aliphatic rings. The lowest BCUT2D eigenvalue weighted by atomic mass is 10.0. The first-order chi connectivity index (χ1) is 18.8. The lowest BCUT2D eigenvalue weighted by Gasteiger charge is -2.32. The van der Waals surface area contributed by atoms with Crippen LogP contribution in [-0.2, 0) is 16.1 Å². The number of hydrogen-bond donors (Lipinski definition) is 0. The van der Waals surface area contributed by atoms with Gasteiger partial charge in [0, 0.05) is 42.1 Å². The highest BCUT2D eigenvalue weighted by molar-refractivity contribution is 6.30. The van der Waals surface area contributed by atoms with Gasteiger partial charge in [0.1, 0.15) is 11.3 Å². The van der Waals surface area contributed by atoms with Crippen molar-refractivity contribution in [3.63, 3.8) is 0 Å². The molecule has 0 saturated heterocycles. The monoisotopic (exact) mass is 541 g/mol. The van der Waals surface area contributed by atoms with Crippen molar-refractivity contribution in [3.8, 4) is 17.6 Å². The van der Waals surface area contributed by atoms with Gasteiger partial charge in [0.05, 0.1) is 6.54 Å². The van der Waals surface area contributed by atoms with E-state index in [2.05, 4.69) is 11.8 Å². The van der Waals surface area contributed by atoms with E-state index in [1.165, 1.54) is 25.7 Å². The van der Waals surface area contributed by atoms with Gasteiger partial charge in [-0.15, -0.1) is 0 Å². The van der Waals surface area contributed by atoms with Crippen molar-refractivity contribution < 1.29 is 19.1 Å². The summed E-state index contributed by atoms with van der Waals surface area (Å²) in [4.78, 5) is 28.0. The van der Waals surface area contributed by atoms with Crippen molar-refractivity contribution in [2.75, 3.05) is 4.90 Å². The number of nitrogens with zero attached hydrogens (tertiary/aromatic N) is 1. The molecule has 0 atom stereocenters. The SMILES string of the molecule is CC1(C)OC(=O)c2cc(N(Cc3ccc(C#Cc4ccc(Cl)cc4)cc3)C(=O)CCC3CCCC3)ccc2O1. The summed E-state index contributed by atoms with van der Waals surface area (Å²) in [6, 6.07) is 20.6. The average Bonchev–Trinajstić information content (AvgIpc) is 3.44. The maximum absolute atomic E-state index is 13.6. The third-order valence-electron chi connectivity index (χ3n) is 7.22. The number of anilines is 1. The van der Waals surface area contributed by atoms with Gasteiger partial charge in [-0.3, -0.25) is 4.79 Å². The number of rotatable bonds is 6. The van der Waals surface area contributed by atoms with Crippen LogP contribution in [0, 0.1) is 17.8 Å². The lowest BCUT2D eigenvalue weighted by Crippen LogP contribution is -2.39. The molecular weight excluding hydrogens is 510 g/mol. The van der Waals surface area contributed by atoms with E-state index in [4.69, 9.17) is 21.1 Å². The summed E-state index contributed by atoms with van der Waals surface area (Å²) >= 11 is 5.95. The number of carbonyl (C=O) groups is 2. The second kappa shape index (κ2) is 11.6. The fraction of sp³-hybridized carbons (Fsp3) is 0.333. The van der Waals surface area contributed by atoms with Gasteiger partial charge in [0.25, 0.3) is 0 Å². The quantitative estimate of drug-likeness (QED) is 0.239. The molecule has 0 radical (unpaired) electrons. The van der Waals surface area contributed by atoms with Crippen LogP contribution in [0.2, 0.25) is 5.02 Å². The molecule has 1 fully saturated rings. The molecule has 1 aliphatic carbocycles. The van der Waals surface area contributed by atoms with Crippen LogP contribution in [0.1, 0.15) is 79.4 Å². The Morgan fingerprint density at radius 3 is 2.26 bits per heavy atom. The molecule has 1 heterocycles. The van der Waals surface area contributed by atoms with Crippen molar-refractivity contribution >= 4 is 29.2 Å². The van der Waals surface area contributed by atoms with Crippen LogP contribution in [0.3, 0.4) is 0 Å². The molecule has 5 nitrogen and oxygen atoms in total. The minimum atomic E-state index is -1.03. The molecule has 39 heavy (non-hydrogen) atoms. The van der Waals surface area contributed by atoms with E-state index in [0.29, 0.717) is 40.9 Å². The topological polar surface area (TPSA) is 55.8 Å². The van der Waals surface area contributed by atoms with E-state index >= 15 is 0 Å². The predicted octanol–water partition coefficient (Wildman–Crippen LogP) is 7.53. The summed E-state index contributed by atoms with van der Waals surface area (Å²) in [6.07, 6.45) is 6.25. The molecule has 6 heteroatoms. The Balaban J connectivity index is 1.36. The third-order valence-corrected chi connectivity index (χ3v) is 7.47. The van der Waals surface area contributed by atoms with Crippen LogP contribution in [0.25, 0.3) is 0 Å². The first-order valence-electron chi connectivity index (χ1n) is 13.5. The lowest BCUT2D eigenvalue weighted by molar-refractivity contribution is -0.127. The highest BCUT2D eigenvalue weighted by atomic mass is 35.5. The first kappa shape index (κ1) is 26.8. The molecule has 1 saturated carbocycles. The maximum atomic E-state index is 13.6. The number of hydrogen-bond acceptors (Lipinski definition) is 4. The Morgan fingerprint density at radius 1 is 0.949 bits per heavy atom. The fourth-order valence-electron chi connectivity index (χ4n) is 5.14. The molecule has 0 unspecified atom stereocenters. The normalized spacial score (nSPS) is 15.9. The fourth-order valence-corrected chi connectivity index (χ4v) is 5.26. The molecule has 3 aromatic rings. The Hall–Kier alpha value is -3.75. The number of ether oxygens (including phenoxy) is 2. The maximum Gasteiger partial charge on any atom is 0.345 e. The summed E-state index contributed by atoms with van der Waals surface area (Å²) in [5, 5.41) is 0.680. The van der Waals surface area contributed by atoms with Gasteiger partial charge in [-0.1, -0.05) is 61.3 Å². The number of cyclic esters (lactones) is 1. The number of fused-ring (bicyclic) bond motifs is 1. The predicted molar refractivity (Wildman–Crippen MR) is 153 cm³/mol. The van der Waals surface area contributed by atoms with Gasteiger partial charge in [-0.25, -0.2) is 4.79 Å². The molecular formula is C33H32ClNO4. The summed E-state index contributed by atoms with van der Waals surface area (Å²) in [5.41, 5.74) is 3.72. The Labute approximate surface area is 235 Å². The number of carbonyl (C=O) groups excluding carboxylic acids is 2. The van der Waals surface area contributed by atoms with E-state index in [9.17, 15) is 9.59 Å². The van der Waals surface area contributed by atoms with Crippen LogP contribution in [0.4, 0.5) is 5.69 Å². The van der Waals surface area contributed by atoms with Crippen LogP contribution in [-0.4, -0.2) is 17.7 Å². The molecule has 0 aromatic heterocycles. The molecule has 0 N–H and O–H groups in total. The highest BCUT2D eigenvalue weighted by Crippen LogP contribution is 2.35. The minimum absolute atomic E-state index is 0.0406. The van der Waals surface area contributed by atoms with Gasteiger partial charge in [-0.2, -0.15) is 0 Å². The number of amides is 1. The van der Waals surface area contributed by atoms with Gasteiger partial charge in [0.2, 0.25) is 11.7 Å². The summed E-state index contributed by atoms with van der Waals surface area (Å²) in [6.45, 7) is 3.78. The Bertz CT molecular complexity index is 1410. The molecule has 0 bridgehead atoms. The van der Waals surface area contributed by atoms with Crippen molar-refractivity contribution in [1.82, 2.24) is 0 Å². The van der Waals surface area contributed by atoms with E-state index in [-0.39, 0.29) is 5.91 Å². The standard InChI is InChI=1S/C33H32ClNO4/c1-33(2)38-30-19-18-28(21-29(30)32(37)39-33)35(31(36)20-15-23-5-3-4-6-23)22-26-11-9-24(10-12-26)7-8-25-13-16-27(34)17-14-25/h9-14,16-19,21,23H,3-6,15,20,22H2,1-2H3. The van der Waals surface area contributed by atoms with Crippen LogP contribution >= 0.6 is 11.6 Å². The van der Waals surface area contributed by atoms with E-state index in [1.54, 1.807) is 30.9 Å². The van der Waals surface area contributed by atoms with E-state index in [0.717, 1.165) is 23.1 Å². The second-order valence-electron chi connectivity index (χ2n) is 10.7. The smallest absolute Gasteiger partial charge is 0.345 e. The number of halogens is 1. The molecule has 5 rings (SSSR count). The zero-order valence-electron chi connectivity index (χ0n) is 22.3. The van der Waals surface area contributed by atoms with Crippen molar-refractivity contribution in [2.24, 2.45) is 5.92 Å². The second-order valence-corrected chi connectivity index (χ2v) is 11.1. The van der Waals surface area contributed by atoms with Crippen molar-refractivity contribution in [2.45, 2.75) is 64.7 Å². The van der Waals surface area contributed by atoms with Crippen LogP contribution < -0.4 is 9.64 Å². The zero-order chi connectivity index (χ0) is 27.4. The van der Waals surface area contributed by atoms with Crippen molar-refractivity contribution in [1.29, 1.82) is 0 Å². The number of esters is 1. The molecule has 3 aromatic carbocycles. The molecule has 1 aliphatic heterocycles. The minimum Gasteiger partial charge on any atom is -0.452 e. The van der Waals surface area contributed by atoms with Crippen molar-refractivity contribution in [3.05, 3.63) is 94.0 Å². The Kier molecular flexibility index (Phi) is 7.95. The number of benzene rings is 3. The summed E-state index contributed by atoms with van der Waals surface area (Å²) < 4.78 is 11.2. The van der Waals surface area contributed by atoms with Crippen LogP contribution in [0.5, 0.6) is 5.75 Å². The molecule has 0 spiro atoms. The van der Waals surface area contributed by atoms with E-state index in [1.807, 2.05) is 54.6 Å². The zero-order valence-corrected chi connectivity index (χ0v) is 23.1. The Morgan fingerprint density at radius 2 is 1.59 bits per heavy atom. The summed E-state index contributed by atoms with van der Waals surface area (Å²) in [5.74, 6) is 5.95. The van der Waals surface area contributed by atoms with Gasteiger partial charge in [0.15, 0.2) is 0 Å². The molecule has 1 amide bonds. The van der Waals surface area contributed by atoms with Gasteiger partial charge in [-0.05, 0) is 72.5 Å². The van der Waals surface area contributed by atoms with Crippen LogP contribution in [0.15, 0.2) is 66.7 Å². The average molecular weight is 542 g/mol.